The number of rotatable bonds is 3. The Labute approximate surface area is 150 Å². The van der Waals surface area contributed by atoms with Gasteiger partial charge in [-0.3, -0.25) is 0 Å². The quantitative estimate of drug-likeness (QED) is 0.802. The molecule has 1 aliphatic carbocycles. The van der Waals surface area contributed by atoms with Crippen LogP contribution in [0.1, 0.15) is 31.0 Å². The molecule has 2 N–H and O–H groups in total. The van der Waals surface area contributed by atoms with E-state index in [0.717, 1.165) is 5.56 Å². The molecule has 3 rings (SSSR count). The predicted octanol–water partition coefficient (Wildman–Crippen LogP) is 5.05. The van der Waals surface area contributed by atoms with Crippen LogP contribution in [-0.4, -0.2) is 18.3 Å². The number of fused-ring (bicyclic) bond motifs is 1. The highest BCUT2D eigenvalue weighted by Crippen LogP contribution is 2.47. The van der Waals surface area contributed by atoms with E-state index >= 15 is 0 Å². The first-order valence-electron chi connectivity index (χ1n) is 7.88. The number of benzene rings is 2. The molecule has 6 heteroatoms. The van der Waals surface area contributed by atoms with Crippen LogP contribution < -0.4 is 10.1 Å². The lowest BCUT2D eigenvalue weighted by atomic mass is 9.85. The second-order valence-electron chi connectivity index (χ2n) is 6.92. The van der Waals surface area contributed by atoms with Gasteiger partial charge in [0.05, 0.1) is 13.2 Å². The Morgan fingerprint density at radius 3 is 2.68 bits per heavy atom. The third-order valence-corrected chi connectivity index (χ3v) is 4.92. The molecule has 1 aliphatic rings. The molecule has 0 heterocycles. The van der Waals surface area contributed by atoms with Gasteiger partial charge in [0.25, 0.3) is 0 Å². The lowest BCUT2D eigenvalue weighted by Crippen LogP contribution is -2.34. The van der Waals surface area contributed by atoms with Crippen LogP contribution in [0.15, 0.2) is 30.3 Å². The molecule has 0 saturated carbocycles. The Balaban J connectivity index is 2.14. The summed E-state index contributed by atoms with van der Waals surface area (Å²) < 4.78 is 20.2. The molecular formula is C19H19ClFNO3. The highest BCUT2D eigenvalue weighted by Gasteiger charge is 2.40. The highest BCUT2D eigenvalue weighted by atomic mass is 35.5. The number of methoxy groups -OCH3 is 1. The Morgan fingerprint density at radius 1 is 1.32 bits per heavy atom. The maximum Gasteiger partial charge on any atom is 0.405 e. The van der Waals surface area contributed by atoms with Crippen molar-refractivity contribution in [2.75, 3.05) is 7.11 Å². The van der Waals surface area contributed by atoms with E-state index in [2.05, 4.69) is 5.32 Å². The minimum Gasteiger partial charge on any atom is -0.496 e. The summed E-state index contributed by atoms with van der Waals surface area (Å²) in [5.74, 6) is 0.0925. The Morgan fingerprint density at radius 2 is 2.04 bits per heavy atom. The first-order chi connectivity index (χ1) is 11.7. The van der Waals surface area contributed by atoms with Gasteiger partial charge in [0.1, 0.15) is 11.6 Å². The van der Waals surface area contributed by atoms with Gasteiger partial charge in [0.2, 0.25) is 0 Å². The van der Waals surface area contributed by atoms with Gasteiger partial charge in [-0.1, -0.05) is 25.4 Å². The van der Waals surface area contributed by atoms with E-state index in [1.165, 1.54) is 13.2 Å². The zero-order valence-electron chi connectivity index (χ0n) is 14.2. The van der Waals surface area contributed by atoms with Crippen molar-refractivity contribution < 1.29 is 19.0 Å². The number of hydrogen-bond acceptors (Lipinski definition) is 2. The van der Waals surface area contributed by atoms with E-state index in [1.54, 1.807) is 24.3 Å². The minimum absolute atomic E-state index is 0.343. The number of carboxylic acid groups (broad SMARTS) is 1. The summed E-state index contributed by atoms with van der Waals surface area (Å²) in [7, 11) is 1.52. The fourth-order valence-electron chi connectivity index (χ4n) is 3.56. The number of hydrogen-bond donors (Lipinski definition) is 2. The molecule has 132 valence electrons. The Kier molecular flexibility index (Phi) is 4.37. The van der Waals surface area contributed by atoms with E-state index in [1.807, 2.05) is 13.8 Å². The van der Waals surface area contributed by atoms with Crippen LogP contribution in [0.3, 0.4) is 0 Å². The molecular weight excluding hydrogens is 345 g/mol. The standard InChI is InChI=1S/C19H19ClFNO3/c1-19(2)9-10-6-13(14-7-11(20)4-5-16(14)25-3)15(21)8-12(10)17(19)22-18(23)24/h4-8,17,22H,9H2,1-3H3,(H,23,24). The molecule has 2 aromatic rings. The molecule has 2 aromatic carbocycles. The summed E-state index contributed by atoms with van der Waals surface area (Å²) in [4.78, 5) is 11.1. The largest absolute Gasteiger partial charge is 0.496 e. The topological polar surface area (TPSA) is 58.6 Å². The van der Waals surface area contributed by atoms with E-state index in [4.69, 9.17) is 21.4 Å². The van der Waals surface area contributed by atoms with Gasteiger partial charge in [-0.2, -0.15) is 0 Å². The van der Waals surface area contributed by atoms with Crippen molar-refractivity contribution in [2.45, 2.75) is 26.3 Å². The summed E-state index contributed by atoms with van der Waals surface area (Å²) >= 11 is 6.07. The van der Waals surface area contributed by atoms with Crippen molar-refractivity contribution in [1.29, 1.82) is 0 Å². The molecule has 0 spiro atoms. The van der Waals surface area contributed by atoms with Crippen LogP contribution >= 0.6 is 11.6 Å². The second kappa shape index (κ2) is 6.23. The normalized spacial score (nSPS) is 17.9. The van der Waals surface area contributed by atoms with E-state index in [0.29, 0.717) is 33.9 Å². The third-order valence-electron chi connectivity index (χ3n) is 4.69. The van der Waals surface area contributed by atoms with E-state index in [-0.39, 0.29) is 5.41 Å². The first kappa shape index (κ1) is 17.5. The van der Waals surface area contributed by atoms with Crippen LogP contribution in [0, 0.1) is 11.2 Å². The smallest absolute Gasteiger partial charge is 0.405 e. The summed E-state index contributed by atoms with van der Waals surface area (Å²) in [6.07, 6.45) is -0.476. The van der Waals surface area contributed by atoms with Crippen molar-refractivity contribution in [3.63, 3.8) is 0 Å². The van der Waals surface area contributed by atoms with E-state index < -0.39 is 18.0 Å². The number of nitrogens with one attached hydrogen (secondary N) is 1. The molecule has 4 nitrogen and oxygen atoms in total. The van der Waals surface area contributed by atoms with Gasteiger partial charge in [-0.25, -0.2) is 9.18 Å². The molecule has 0 aromatic heterocycles. The lowest BCUT2D eigenvalue weighted by molar-refractivity contribution is 0.175. The molecule has 0 saturated heterocycles. The van der Waals surface area contributed by atoms with Crippen LogP contribution in [0.2, 0.25) is 5.02 Å². The molecule has 0 bridgehead atoms. The minimum atomic E-state index is -1.12. The van der Waals surface area contributed by atoms with Crippen molar-refractivity contribution in [2.24, 2.45) is 5.41 Å². The van der Waals surface area contributed by atoms with Crippen molar-refractivity contribution in [1.82, 2.24) is 5.32 Å². The summed E-state index contributed by atoms with van der Waals surface area (Å²) in [5, 5.41) is 12.1. The average Bonchev–Trinajstić information content (AvgIpc) is 2.76. The number of amides is 1. The third kappa shape index (κ3) is 3.16. The van der Waals surface area contributed by atoms with Gasteiger partial charge in [-0.05, 0) is 53.3 Å². The number of carbonyl (C=O) groups is 1. The Hall–Kier alpha value is -2.27. The molecule has 0 fully saturated rings. The van der Waals surface area contributed by atoms with Crippen molar-refractivity contribution in [3.05, 3.63) is 52.3 Å². The van der Waals surface area contributed by atoms with E-state index in [9.17, 15) is 9.18 Å². The summed E-state index contributed by atoms with van der Waals surface area (Å²) in [6.45, 7) is 3.93. The second-order valence-corrected chi connectivity index (χ2v) is 7.36. The van der Waals surface area contributed by atoms with Crippen LogP contribution in [0.4, 0.5) is 9.18 Å². The summed E-state index contributed by atoms with van der Waals surface area (Å²) in [5.41, 5.74) is 2.22. The van der Waals surface area contributed by atoms with Gasteiger partial charge in [0, 0.05) is 16.1 Å². The first-order valence-corrected chi connectivity index (χ1v) is 8.26. The predicted molar refractivity (Wildman–Crippen MR) is 94.8 cm³/mol. The van der Waals surface area contributed by atoms with Crippen LogP contribution in [0.25, 0.3) is 11.1 Å². The molecule has 1 amide bonds. The molecule has 0 aliphatic heterocycles. The van der Waals surface area contributed by atoms with Crippen LogP contribution in [0.5, 0.6) is 5.75 Å². The maximum atomic E-state index is 14.9. The number of ether oxygens (including phenoxy) is 1. The SMILES string of the molecule is COc1ccc(Cl)cc1-c1cc2c(cc1F)C(NC(=O)O)C(C)(C)C2. The van der Waals surface area contributed by atoms with Gasteiger partial charge < -0.3 is 15.2 Å². The molecule has 0 radical (unpaired) electrons. The zero-order valence-corrected chi connectivity index (χ0v) is 14.9. The monoisotopic (exact) mass is 363 g/mol. The lowest BCUT2D eigenvalue weighted by Gasteiger charge is -2.27. The van der Waals surface area contributed by atoms with Gasteiger partial charge in [-0.15, -0.1) is 0 Å². The molecule has 1 unspecified atom stereocenters. The highest BCUT2D eigenvalue weighted by molar-refractivity contribution is 6.31. The molecule has 1 atom stereocenters. The maximum absolute atomic E-state index is 14.9. The van der Waals surface area contributed by atoms with Gasteiger partial charge in [0.15, 0.2) is 0 Å². The van der Waals surface area contributed by atoms with Crippen molar-refractivity contribution in [3.8, 4) is 16.9 Å². The van der Waals surface area contributed by atoms with Gasteiger partial charge >= 0.3 is 6.09 Å². The molecule has 25 heavy (non-hydrogen) atoms. The number of halogens is 2. The summed E-state index contributed by atoms with van der Waals surface area (Å²) in [6, 6.07) is 7.78. The van der Waals surface area contributed by atoms with Crippen LogP contribution in [-0.2, 0) is 6.42 Å². The fraction of sp³-hybridized carbons (Fsp3) is 0.316. The average molecular weight is 364 g/mol. The zero-order chi connectivity index (χ0) is 18.4. The Bertz CT molecular complexity index is 851. The fourth-order valence-corrected chi connectivity index (χ4v) is 3.73. The van der Waals surface area contributed by atoms with Crippen molar-refractivity contribution >= 4 is 17.7 Å².